The minimum atomic E-state index is -0.731. The van der Waals surface area contributed by atoms with E-state index in [9.17, 15) is 4.79 Å². The summed E-state index contributed by atoms with van der Waals surface area (Å²) in [4.78, 5) is 24.3. The molecule has 1 aromatic rings. The summed E-state index contributed by atoms with van der Waals surface area (Å²) in [6.07, 6.45) is 13.6. The highest BCUT2D eigenvalue weighted by Crippen LogP contribution is 2.31. The van der Waals surface area contributed by atoms with Gasteiger partial charge in [-0.3, -0.25) is 4.84 Å². The quantitative estimate of drug-likeness (QED) is 0.416. The van der Waals surface area contributed by atoms with Gasteiger partial charge >= 0.3 is 5.97 Å². The number of esters is 1. The number of allylic oxidation sites excluding steroid dienone is 2. The van der Waals surface area contributed by atoms with Crippen molar-refractivity contribution in [3.05, 3.63) is 29.9 Å². The van der Waals surface area contributed by atoms with Crippen LogP contribution in [0.1, 0.15) is 71.4 Å². The maximum absolute atomic E-state index is 12.2. The van der Waals surface area contributed by atoms with Gasteiger partial charge in [-0.2, -0.15) is 0 Å². The summed E-state index contributed by atoms with van der Waals surface area (Å²) in [6, 6.07) is 0. The van der Waals surface area contributed by atoms with E-state index in [4.69, 9.17) is 15.5 Å². The van der Waals surface area contributed by atoms with Crippen LogP contribution in [0.4, 0.5) is 0 Å². The van der Waals surface area contributed by atoms with Crippen molar-refractivity contribution in [3.63, 3.8) is 0 Å². The Balaban J connectivity index is 1.97. The molecule has 0 amide bonds. The average Bonchev–Trinajstić information content (AvgIpc) is 3.10. The van der Waals surface area contributed by atoms with E-state index in [2.05, 4.69) is 16.0 Å². The Bertz CT molecular complexity index is 570. The van der Waals surface area contributed by atoms with Crippen LogP contribution in [0.15, 0.2) is 24.2 Å². The van der Waals surface area contributed by atoms with E-state index >= 15 is 0 Å². The molecular weight excluding hydrogens is 330 g/mol. The highest BCUT2D eigenvalue weighted by molar-refractivity contribution is 5.75. The van der Waals surface area contributed by atoms with Gasteiger partial charge in [0.25, 0.3) is 0 Å². The number of nitrogens with two attached hydrogens (primary N) is 1. The lowest BCUT2D eigenvalue weighted by Gasteiger charge is -2.25. The van der Waals surface area contributed by atoms with Gasteiger partial charge in [0.15, 0.2) is 6.10 Å². The SMILES string of the molecule is CC(C)(C)OC(=O)C(CCC=C(Cc1cnc[nH]1)C1CCCCC1)ON. The number of aromatic nitrogens is 2. The molecule has 0 spiro atoms. The van der Waals surface area contributed by atoms with Crippen molar-refractivity contribution >= 4 is 5.97 Å². The molecule has 1 aliphatic rings. The monoisotopic (exact) mass is 363 g/mol. The fourth-order valence-corrected chi connectivity index (χ4v) is 3.49. The largest absolute Gasteiger partial charge is 0.458 e. The average molecular weight is 364 g/mol. The van der Waals surface area contributed by atoms with Gasteiger partial charge in [-0.15, -0.1) is 0 Å². The van der Waals surface area contributed by atoms with Crippen molar-refractivity contribution in [1.29, 1.82) is 0 Å². The molecule has 6 nitrogen and oxygen atoms in total. The molecule has 1 heterocycles. The van der Waals surface area contributed by atoms with Crippen molar-refractivity contribution in [2.75, 3.05) is 0 Å². The third-order valence-electron chi connectivity index (χ3n) is 4.75. The first-order valence-corrected chi connectivity index (χ1v) is 9.63. The summed E-state index contributed by atoms with van der Waals surface area (Å²) < 4.78 is 5.37. The number of nitrogens with one attached hydrogen (secondary N) is 1. The van der Waals surface area contributed by atoms with Crippen LogP contribution in [0.2, 0.25) is 0 Å². The molecule has 1 aromatic heterocycles. The van der Waals surface area contributed by atoms with Gasteiger partial charge in [0.05, 0.1) is 6.33 Å². The first-order valence-electron chi connectivity index (χ1n) is 9.63. The first kappa shape index (κ1) is 20.6. The Morgan fingerprint density at radius 3 is 2.69 bits per heavy atom. The van der Waals surface area contributed by atoms with Gasteiger partial charge in [-0.25, -0.2) is 15.7 Å². The summed E-state index contributed by atoms with van der Waals surface area (Å²) in [5, 5.41) is 0. The normalized spacial score (nSPS) is 17.9. The number of aromatic amines is 1. The number of H-pyrrole nitrogens is 1. The molecule has 3 N–H and O–H groups in total. The number of ether oxygens (including phenoxy) is 1. The molecule has 0 radical (unpaired) electrons. The summed E-state index contributed by atoms with van der Waals surface area (Å²) in [5.74, 6) is 5.54. The molecule has 1 saturated carbocycles. The van der Waals surface area contributed by atoms with Crippen LogP contribution in [-0.2, 0) is 20.8 Å². The van der Waals surface area contributed by atoms with Crippen molar-refractivity contribution < 1.29 is 14.4 Å². The van der Waals surface area contributed by atoms with Crippen LogP contribution >= 0.6 is 0 Å². The van der Waals surface area contributed by atoms with Crippen LogP contribution in [0.25, 0.3) is 0 Å². The topological polar surface area (TPSA) is 90.2 Å². The van der Waals surface area contributed by atoms with Crippen molar-refractivity contribution in [2.45, 2.75) is 83.8 Å². The van der Waals surface area contributed by atoms with E-state index in [0.717, 1.165) is 18.5 Å². The molecule has 0 aromatic carbocycles. The zero-order valence-electron chi connectivity index (χ0n) is 16.3. The number of nitrogens with zero attached hydrogens (tertiary/aromatic N) is 1. The second-order valence-corrected chi connectivity index (χ2v) is 8.10. The number of carbonyl (C=O) groups excluding carboxylic acids is 1. The third kappa shape index (κ3) is 6.92. The lowest BCUT2D eigenvalue weighted by Crippen LogP contribution is -2.35. The van der Waals surface area contributed by atoms with Crippen LogP contribution in [-0.4, -0.2) is 27.6 Å². The number of carbonyl (C=O) groups is 1. The number of hydrogen-bond donors (Lipinski definition) is 2. The number of hydrogen-bond acceptors (Lipinski definition) is 5. The van der Waals surface area contributed by atoms with Gasteiger partial charge < -0.3 is 9.72 Å². The van der Waals surface area contributed by atoms with E-state index in [0.29, 0.717) is 12.3 Å². The molecular formula is C20H33N3O3. The highest BCUT2D eigenvalue weighted by Gasteiger charge is 2.25. The molecule has 1 fully saturated rings. The maximum atomic E-state index is 12.2. The highest BCUT2D eigenvalue weighted by atomic mass is 16.7. The van der Waals surface area contributed by atoms with Crippen LogP contribution in [0.3, 0.4) is 0 Å². The third-order valence-corrected chi connectivity index (χ3v) is 4.75. The van der Waals surface area contributed by atoms with Crippen LogP contribution in [0.5, 0.6) is 0 Å². The fraction of sp³-hybridized carbons (Fsp3) is 0.700. The summed E-state index contributed by atoms with van der Waals surface area (Å²) >= 11 is 0. The van der Waals surface area contributed by atoms with Gasteiger partial charge in [0.1, 0.15) is 5.60 Å². The smallest absolute Gasteiger partial charge is 0.337 e. The zero-order valence-corrected chi connectivity index (χ0v) is 16.3. The molecule has 146 valence electrons. The molecule has 0 saturated heterocycles. The summed E-state index contributed by atoms with van der Waals surface area (Å²) in [5.41, 5.74) is 2.01. The Hall–Kier alpha value is -1.66. The minimum absolute atomic E-state index is 0.402. The standard InChI is InChI=1S/C20H33N3O3/c1-20(2,3)25-19(24)18(26-21)11-7-10-16(12-17-13-22-14-23-17)15-8-5-4-6-9-15/h10,13-15,18H,4-9,11-12,21H2,1-3H3,(H,22,23). The van der Waals surface area contributed by atoms with Crippen molar-refractivity contribution in [3.8, 4) is 0 Å². The molecule has 2 rings (SSSR count). The molecule has 1 unspecified atom stereocenters. The van der Waals surface area contributed by atoms with Gasteiger partial charge in [0, 0.05) is 18.3 Å². The first-order chi connectivity index (χ1) is 12.4. The second-order valence-electron chi connectivity index (χ2n) is 8.10. The van der Waals surface area contributed by atoms with E-state index in [-0.39, 0.29) is 0 Å². The Kier molecular flexibility index (Phi) is 7.85. The van der Waals surface area contributed by atoms with E-state index in [1.165, 1.54) is 37.7 Å². The predicted octanol–water partition coefficient (Wildman–Crippen LogP) is 3.84. The maximum Gasteiger partial charge on any atom is 0.337 e. The van der Waals surface area contributed by atoms with Gasteiger partial charge in [-0.05, 0) is 52.4 Å². The van der Waals surface area contributed by atoms with E-state index in [1.807, 2.05) is 27.0 Å². The van der Waals surface area contributed by atoms with Gasteiger partial charge in [-0.1, -0.05) is 30.9 Å². The van der Waals surface area contributed by atoms with Crippen molar-refractivity contribution in [2.24, 2.45) is 11.8 Å². The van der Waals surface area contributed by atoms with E-state index < -0.39 is 17.7 Å². The Labute approximate surface area is 156 Å². The predicted molar refractivity (Wildman–Crippen MR) is 101 cm³/mol. The number of imidazole rings is 1. The summed E-state index contributed by atoms with van der Waals surface area (Å²) in [7, 11) is 0. The van der Waals surface area contributed by atoms with Crippen molar-refractivity contribution in [1.82, 2.24) is 9.97 Å². The van der Waals surface area contributed by atoms with Crippen LogP contribution in [0, 0.1) is 5.92 Å². The summed E-state index contributed by atoms with van der Waals surface area (Å²) in [6.45, 7) is 5.51. The Morgan fingerprint density at radius 2 is 2.12 bits per heavy atom. The fourth-order valence-electron chi connectivity index (χ4n) is 3.49. The zero-order chi connectivity index (χ0) is 19.0. The molecule has 0 aliphatic heterocycles. The Morgan fingerprint density at radius 1 is 1.38 bits per heavy atom. The molecule has 1 aliphatic carbocycles. The second kappa shape index (κ2) is 9.88. The molecule has 26 heavy (non-hydrogen) atoms. The molecule has 0 bridgehead atoms. The lowest BCUT2D eigenvalue weighted by molar-refractivity contribution is -0.169. The number of rotatable bonds is 8. The molecule has 6 heteroatoms. The van der Waals surface area contributed by atoms with E-state index in [1.54, 1.807) is 6.33 Å². The minimum Gasteiger partial charge on any atom is -0.458 e. The van der Waals surface area contributed by atoms with Gasteiger partial charge in [0.2, 0.25) is 0 Å². The lowest BCUT2D eigenvalue weighted by atomic mass is 9.81. The van der Waals surface area contributed by atoms with Crippen LogP contribution < -0.4 is 5.90 Å². The molecule has 1 atom stereocenters.